The van der Waals surface area contributed by atoms with Crippen molar-refractivity contribution in [1.82, 2.24) is 15.0 Å². The largest absolute Gasteiger partial charge is 0.400 e. The number of fused-ring (bicyclic) bond motifs is 1. The van der Waals surface area contributed by atoms with Gasteiger partial charge in [-0.1, -0.05) is 42.8 Å². The zero-order valence-corrected chi connectivity index (χ0v) is 19.6. The number of aliphatic hydroxyl groups is 1. The molecule has 3 heterocycles. The summed E-state index contributed by atoms with van der Waals surface area (Å²) in [6, 6.07) is 17.5. The molecule has 4 aromatic rings. The highest BCUT2D eigenvalue weighted by molar-refractivity contribution is 7.98. The average Bonchev–Trinajstić information content (AvgIpc) is 3.30. The van der Waals surface area contributed by atoms with Crippen LogP contribution in [-0.4, -0.2) is 46.5 Å². The Morgan fingerprint density at radius 2 is 1.78 bits per heavy atom. The molecular weight excluding hydrogens is 416 g/mol. The second kappa shape index (κ2) is 10.8. The van der Waals surface area contributed by atoms with E-state index in [0.717, 1.165) is 30.4 Å². The van der Waals surface area contributed by atoms with E-state index in [2.05, 4.69) is 71.0 Å². The molecule has 2 N–H and O–H groups in total. The van der Waals surface area contributed by atoms with Gasteiger partial charge >= 0.3 is 5.65 Å². The Kier molecular flexibility index (Phi) is 7.58. The van der Waals surface area contributed by atoms with Crippen LogP contribution in [0.15, 0.2) is 72.0 Å². The van der Waals surface area contributed by atoms with E-state index in [1.165, 1.54) is 53.9 Å². The zero-order valence-electron chi connectivity index (χ0n) is 18.8. The normalized spacial score (nSPS) is 14.2. The lowest BCUT2D eigenvalue weighted by molar-refractivity contribution is -0.578. The van der Waals surface area contributed by atoms with Crippen LogP contribution in [0.4, 0.5) is 0 Å². The second-order valence-corrected chi connectivity index (χ2v) is 8.87. The summed E-state index contributed by atoms with van der Waals surface area (Å²) in [6.07, 6.45) is 12.3. The number of benzene rings is 2. The third-order valence-electron chi connectivity index (χ3n) is 5.93. The van der Waals surface area contributed by atoms with E-state index in [-0.39, 0.29) is 0 Å². The fraction of sp³-hybridized carbons (Fsp3) is 0.308. The van der Waals surface area contributed by atoms with Gasteiger partial charge in [0.25, 0.3) is 0 Å². The molecule has 32 heavy (non-hydrogen) atoms. The van der Waals surface area contributed by atoms with E-state index in [1.807, 2.05) is 16.9 Å². The number of likely N-dealkylation sites (tertiary alicyclic amines) is 1. The van der Waals surface area contributed by atoms with Crippen molar-refractivity contribution in [3.8, 4) is 22.3 Å². The summed E-state index contributed by atoms with van der Waals surface area (Å²) >= 11 is 1.76. The number of piperidine rings is 1. The Bertz CT molecular complexity index is 1150. The maximum absolute atomic E-state index is 7.00. The molecule has 0 aliphatic carbocycles. The molecule has 0 spiro atoms. The quantitative estimate of drug-likeness (QED) is 0.341. The number of hydrogen-bond acceptors (Lipinski definition) is 4. The van der Waals surface area contributed by atoms with Crippen molar-refractivity contribution in [1.29, 1.82) is 0 Å². The van der Waals surface area contributed by atoms with E-state index in [0.29, 0.717) is 0 Å². The molecule has 0 amide bonds. The standard InChI is InChI=1S/C25H26N4S.CH4O/c1-30-23-7-5-6-21(14-23)24-16-27-29-18-22(15-26-25(24)29)20-10-8-19(9-11-20)17-28-12-3-2-4-13-28;1-2/h5-11,14-16,18H,2-4,12-13,17H2,1H3;2H,1H3/p+1. The highest BCUT2D eigenvalue weighted by atomic mass is 32.2. The third-order valence-corrected chi connectivity index (χ3v) is 6.66. The first-order chi connectivity index (χ1) is 15.8. The molecule has 0 saturated carbocycles. The summed E-state index contributed by atoms with van der Waals surface area (Å²) in [5, 5.41) is 10.3. The van der Waals surface area contributed by atoms with Gasteiger partial charge in [-0.25, -0.2) is 5.10 Å². The number of aromatic nitrogens is 3. The molecule has 0 atom stereocenters. The predicted molar refractivity (Wildman–Crippen MR) is 132 cm³/mol. The van der Waals surface area contributed by atoms with Crippen molar-refractivity contribution in [2.24, 2.45) is 0 Å². The summed E-state index contributed by atoms with van der Waals surface area (Å²) in [5.74, 6) is 0. The van der Waals surface area contributed by atoms with Crippen LogP contribution in [0.3, 0.4) is 0 Å². The van der Waals surface area contributed by atoms with Crippen LogP contribution in [0.1, 0.15) is 24.8 Å². The Morgan fingerprint density at radius 3 is 2.53 bits per heavy atom. The van der Waals surface area contributed by atoms with E-state index in [1.54, 1.807) is 11.8 Å². The van der Waals surface area contributed by atoms with Gasteiger partial charge in [-0.2, -0.15) is 0 Å². The van der Waals surface area contributed by atoms with Gasteiger partial charge in [-0.15, -0.1) is 16.3 Å². The average molecular weight is 448 g/mol. The van der Waals surface area contributed by atoms with Crippen LogP contribution in [-0.2, 0) is 6.54 Å². The van der Waals surface area contributed by atoms with Gasteiger partial charge in [0.05, 0.1) is 17.3 Å². The fourth-order valence-electron chi connectivity index (χ4n) is 4.25. The first kappa shape index (κ1) is 22.5. The fourth-order valence-corrected chi connectivity index (χ4v) is 4.71. The predicted octanol–water partition coefficient (Wildman–Crippen LogP) is 4.80. The van der Waals surface area contributed by atoms with E-state index >= 15 is 0 Å². The summed E-state index contributed by atoms with van der Waals surface area (Å²) in [5.41, 5.74) is 6.94. The van der Waals surface area contributed by atoms with E-state index < -0.39 is 0 Å². The Labute approximate surface area is 194 Å². The number of H-pyrrole nitrogens is 1. The van der Waals surface area contributed by atoms with Crippen LogP contribution in [0.2, 0.25) is 0 Å². The molecule has 5 nitrogen and oxygen atoms in total. The van der Waals surface area contributed by atoms with Gasteiger partial charge in [0.2, 0.25) is 0 Å². The molecule has 1 aliphatic heterocycles. The smallest absolute Gasteiger partial charge is 0.355 e. The first-order valence-corrected chi connectivity index (χ1v) is 12.3. The van der Waals surface area contributed by atoms with Crippen LogP contribution < -0.4 is 4.52 Å². The molecule has 2 aromatic carbocycles. The van der Waals surface area contributed by atoms with Gasteiger partial charge in [-0.3, -0.25) is 4.90 Å². The van der Waals surface area contributed by atoms with Crippen molar-refractivity contribution >= 4 is 17.4 Å². The Balaban J connectivity index is 0.00000119. The maximum Gasteiger partial charge on any atom is 0.355 e. The van der Waals surface area contributed by atoms with Crippen LogP contribution in [0.25, 0.3) is 27.9 Å². The molecule has 1 fully saturated rings. The van der Waals surface area contributed by atoms with Crippen molar-refractivity contribution in [3.63, 3.8) is 0 Å². The summed E-state index contributed by atoms with van der Waals surface area (Å²) in [6.45, 7) is 3.52. The van der Waals surface area contributed by atoms with Crippen molar-refractivity contribution in [2.75, 3.05) is 26.5 Å². The van der Waals surface area contributed by atoms with Crippen molar-refractivity contribution in [2.45, 2.75) is 30.7 Å². The summed E-state index contributed by atoms with van der Waals surface area (Å²) < 4.78 is 2.01. The monoisotopic (exact) mass is 447 g/mol. The number of nitrogens with zero attached hydrogens (tertiary/aromatic N) is 3. The minimum Gasteiger partial charge on any atom is -0.400 e. The van der Waals surface area contributed by atoms with Gasteiger partial charge in [-0.05, 0) is 66.0 Å². The maximum atomic E-state index is 7.00. The molecule has 2 aromatic heterocycles. The highest BCUT2D eigenvalue weighted by Gasteiger charge is 2.17. The van der Waals surface area contributed by atoms with Crippen molar-refractivity contribution < 1.29 is 9.62 Å². The minimum atomic E-state index is 0.943. The molecule has 0 unspecified atom stereocenters. The van der Waals surface area contributed by atoms with E-state index in [9.17, 15) is 0 Å². The summed E-state index contributed by atoms with van der Waals surface area (Å²) in [4.78, 5) is 8.60. The lowest BCUT2D eigenvalue weighted by Gasteiger charge is -2.26. The highest BCUT2D eigenvalue weighted by Crippen LogP contribution is 2.26. The number of aliphatic hydroxyl groups excluding tert-OH is 1. The van der Waals surface area contributed by atoms with Crippen LogP contribution in [0, 0.1) is 0 Å². The zero-order chi connectivity index (χ0) is 22.3. The molecule has 5 rings (SSSR count). The third kappa shape index (κ3) is 5.04. The van der Waals surface area contributed by atoms with Gasteiger partial charge in [0, 0.05) is 18.6 Å². The van der Waals surface area contributed by atoms with Crippen LogP contribution in [0.5, 0.6) is 0 Å². The second-order valence-electron chi connectivity index (χ2n) is 7.99. The first-order valence-electron chi connectivity index (χ1n) is 11.1. The topological polar surface area (TPSA) is 56.2 Å². The van der Waals surface area contributed by atoms with Gasteiger partial charge < -0.3 is 5.11 Å². The SMILES string of the molecule is CO.CSc1cccc(-c2c[nH][n+]3cc(-c4ccc(CN5CCCCC5)cc4)cnc23)c1. The molecular formula is C26H31N4OS+. The lowest BCUT2D eigenvalue weighted by Crippen LogP contribution is -2.29. The van der Waals surface area contributed by atoms with Crippen molar-refractivity contribution in [3.05, 3.63) is 72.7 Å². The number of nitrogens with one attached hydrogen (secondary N) is 1. The molecule has 6 heteroatoms. The number of rotatable bonds is 5. The molecule has 1 saturated heterocycles. The van der Waals surface area contributed by atoms with E-state index in [4.69, 9.17) is 10.1 Å². The minimum absolute atomic E-state index is 0.943. The molecule has 166 valence electrons. The molecule has 1 aliphatic rings. The van der Waals surface area contributed by atoms with Gasteiger partial charge in [0.1, 0.15) is 6.20 Å². The molecule has 0 radical (unpaired) electrons. The molecule has 0 bridgehead atoms. The number of aromatic amines is 1. The number of thioether (sulfide) groups is 1. The summed E-state index contributed by atoms with van der Waals surface area (Å²) in [7, 11) is 1.00. The van der Waals surface area contributed by atoms with Gasteiger partial charge in [0.15, 0.2) is 6.20 Å². The Hall–Kier alpha value is -2.67. The number of hydrogen-bond donors (Lipinski definition) is 2. The lowest BCUT2D eigenvalue weighted by atomic mass is 10.1. The Morgan fingerprint density at radius 1 is 1.00 bits per heavy atom. The van der Waals surface area contributed by atoms with Crippen LogP contribution >= 0.6 is 11.8 Å².